The molecule has 116 valence electrons. The molecule has 3 rings (SSSR count). The number of benzene rings is 1. The van der Waals surface area contributed by atoms with Gasteiger partial charge in [-0.25, -0.2) is 0 Å². The number of rotatable bonds is 5. The number of carbonyl (C=O) groups is 1. The van der Waals surface area contributed by atoms with Gasteiger partial charge in [0.1, 0.15) is 5.75 Å². The molecule has 0 radical (unpaired) electrons. The third-order valence-electron chi connectivity index (χ3n) is 4.85. The van der Waals surface area contributed by atoms with Gasteiger partial charge >= 0.3 is 0 Å². The van der Waals surface area contributed by atoms with E-state index >= 15 is 0 Å². The van der Waals surface area contributed by atoms with Crippen molar-refractivity contribution < 1.29 is 9.53 Å². The monoisotopic (exact) mass is 310 g/mol. The maximum absolute atomic E-state index is 11.5. The van der Waals surface area contributed by atoms with Crippen LogP contribution in [0.4, 0.5) is 0 Å². The highest BCUT2D eigenvalue weighted by Gasteiger charge is 2.48. The molecule has 1 aromatic rings. The Morgan fingerprint density at radius 1 is 1.48 bits per heavy atom. The van der Waals surface area contributed by atoms with Gasteiger partial charge in [-0.3, -0.25) is 4.79 Å². The van der Waals surface area contributed by atoms with Gasteiger partial charge in [-0.1, -0.05) is 6.07 Å². The topological polar surface area (TPSA) is 64.3 Å². The largest absolute Gasteiger partial charge is 0.497 e. The maximum atomic E-state index is 11.5. The van der Waals surface area contributed by atoms with E-state index in [0.29, 0.717) is 5.92 Å². The van der Waals surface area contributed by atoms with Crippen LogP contribution in [-0.4, -0.2) is 19.6 Å². The lowest BCUT2D eigenvalue weighted by atomic mass is 9.84. The highest BCUT2D eigenvalue weighted by molar-refractivity contribution is 5.85. The van der Waals surface area contributed by atoms with E-state index in [1.54, 1.807) is 7.11 Å². The van der Waals surface area contributed by atoms with Crippen LogP contribution < -0.4 is 15.8 Å². The summed E-state index contributed by atoms with van der Waals surface area (Å²) in [7, 11) is 1.70. The first-order chi connectivity index (χ1) is 9.64. The summed E-state index contributed by atoms with van der Waals surface area (Å²) in [6.45, 7) is 1.88. The molecule has 0 aromatic heterocycles. The molecule has 1 amide bonds. The quantitative estimate of drug-likeness (QED) is 0.877. The number of nitrogens with one attached hydrogen (secondary N) is 1. The summed E-state index contributed by atoms with van der Waals surface area (Å²) >= 11 is 0. The number of primary amides is 1. The molecular weight excluding hydrogens is 288 g/mol. The standard InChI is InChI=1S/C16H22N2O2.ClH/c1-20-13-3-2-11-9-18-10-12(14(11)8-13)4-5-16(6-7-16)15(17)19;/h2-3,8,12,18H,4-7,9-10H2,1H3,(H2,17,19);1H. The predicted molar refractivity (Wildman–Crippen MR) is 84.8 cm³/mol. The predicted octanol–water partition coefficient (Wildman–Crippen LogP) is 2.35. The van der Waals surface area contributed by atoms with Crippen molar-refractivity contribution >= 4 is 18.3 Å². The molecule has 1 heterocycles. The van der Waals surface area contributed by atoms with Gasteiger partial charge in [0, 0.05) is 18.5 Å². The molecule has 0 bridgehead atoms. The molecule has 1 saturated carbocycles. The summed E-state index contributed by atoms with van der Waals surface area (Å²) in [4.78, 5) is 11.5. The molecule has 1 aromatic carbocycles. The van der Waals surface area contributed by atoms with Crippen molar-refractivity contribution in [3.8, 4) is 5.75 Å². The van der Waals surface area contributed by atoms with E-state index in [0.717, 1.165) is 44.5 Å². The van der Waals surface area contributed by atoms with Gasteiger partial charge in [-0.2, -0.15) is 0 Å². The number of hydrogen-bond donors (Lipinski definition) is 2. The van der Waals surface area contributed by atoms with Crippen LogP contribution in [0.2, 0.25) is 0 Å². The number of amides is 1. The van der Waals surface area contributed by atoms with Crippen LogP contribution >= 0.6 is 12.4 Å². The van der Waals surface area contributed by atoms with Gasteiger partial charge in [0.2, 0.25) is 5.91 Å². The minimum atomic E-state index is -0.198. The summed E-state index contributed by atoms with van der Waals surface area (Å²) in [5.74, 6) is 1.24. The number of fused-ring (bicyclic) bond motifs is 1. The van der Waals surface area contributed by atoms with Crippen molar-refractivity contribution in [1.29, 1.82) is 0 Å². The average Bonchev–Trinajstić information content (AvgIpc) is 3.25. The fourth-order valence-corrected chi connectivity index (χ4v) is 3.21. The molecule has 21 heavy (non-hydrogen) atoms. The number of carbonyl (C=O) groups excluding carboxylic acids is 1. The summed E-state index contributed by atoms with van der Waals surface area (Å²) in [6, 6.07) is 6.29. The van der Waals surface area contributed by atoms with E-state index in [1.807, 2.05) is 6.07 Å². The second-order valence-electron chi connectivity index (χ2n) is 6.08. The summed E-state index contributed by atoms with van der Waals surface area (Å²) in [5, 5.41) is 3.46. The fourth-order valence-electron chi connectivity index (χ4n) is 3.21. The average molecular weight is 311 g/mol. The minimum Gasteiger partial charge on any atom is -0.497 e. The molecule has 1 fully saturated rings. The zero-order valence-corrected chi connectivity index (χ0v) is 13.2. The third-order valence-corrected chi connectivity index (χ3v) is 4.85. The Labute approximate surface area is 131 Å². The van der Waals surface area contributed by atoms with E-state index in [2.05, 4.69) is 17.4 Å². The summed E-state index contributed by atoms with van der Waals surface area (Å²) in [6.07, 6.45) is 3.85. The highest BCUT2D eigenvalue weighted by atomic mass is 35.5. The number of hydrogen-bond acceptors (Lipinski definition) is 3. The van der Waals surface area contributed by atoms with Crippen LogP contribution in [0.5, 0.6) is 5.75 Å². The number of nitrogens with two attached hydrogens (primary N) is 1. The molecule has 0 spiro atoms. The van der Waals surface area contributed by atoms with Crippen molar-refractivity contribution in [2.24, 2.45) is 11.1 Å². The second kappa shape index (κ2) is 6.24. The van der Waals surface area contributed by atoms with Gasteiger partial charge in [0.15, 0.2) is 0 Å². The lowest BCUT2D eigenvalue weighted by Gasteiger charge is -2.28. The van der Waals surface area contributed by atoms with E-state index in [4.69, 9.17) is 10.5 Å². The molecule has 0 saturated heterocycles. The lowest BCUT2D eigenvalue weighted by Crippen LogP contribution is -2.30. The van der Waals surface area contributed by atoms with Crippen LogP contribution in [-0.2, 0) is 11.3 Å². The van der Waals surface area contributed by atoms with Crippen molar-refractivity contribution in [2.45, 2.75) is 38.1 Å². The zero-order chi connectivity index (χ0) is 14.2. The van der Waals surface area contributed by atoms with Crippen LogP contribution in [0.15, 0.2) is 18.2 Å². The number of halogens is 1. The molecular formula is C16H23ClN2O2. The van der Waals surface area contributed by atoms with Crippen LogP contribution in [0.1, 0.15) is 42.7 Å². The first kappa shape index (κ1) is 16.1. The van der Waals surface area contributed by atoms with Crippen molar-refractivity contribution in [3.05, 3.63) is 29.3 Å². The molecule has 2 aliphatic rings. The Morgan fingerprint density at radius 2 is 2.24 bits per heavy atom. The van der Waals surface area contributed by atoms with E-state index < -0.39 is 0 Å². The van der Waals surface area contributed by atoms with Gasteiger partial charge < -0.3 is 15.8 Å². The van der Waals surface area contributed by atoms with Crippen LogP contribution in [0.25, 0.3) is 0 Å². The zero-order valence-electron chi connectivity index (χ0n) is 12.4. The van der Waals surface area contributed by atoms with E-state index in [9.17, 15) is 4.79 Å². The SMILES string of the molecule is COc1ccc2c(c1)C(CCC1(C(N)=O)CC1)CNC2.Cl. The van der Waals surface area contributed by atoms with Gasteiger partial charge in [0.25, 0.3) is 0 Å². The first-order valence-corrected chi connectivity index (χ1v) is 7.32. The number of methoxy groups -OCH3 is 1. The molecule has 3 N–H and O–H groups in total. The highest BCUT2D eigenvalue weighted by Crippen LogP contribution is 2.50. The van der Waals surface area contributed by atoms with Gasteiger partial charge in [0.05, 0.1) is 7.11 Å². The third kappa shape index (κ3) is 3.16. The minimum absolute atomic E-state index is 0. The van der Waals surface area contributed by atoms with Crippen molar-refractivity contribution in [3.63, 3.8) is 0 Å². The van der Waals surface area contributed by atoms with E-state index in [-0.39, 0.29) is 23.7 Å². The van der Waals surface area contributed by atoms with Gasteiger partial charge in [-0.05, 0) is 54.9 Å². The maximum Gasteiger partial charge on any atom is 0.223 e. The van der Waals surface area contributed by atoms with Crippen LogP contribution in [0, 0.1) is 5.41 Å². The first-order valence-electron chi connectivity index (χ1n) is 7.32. The van der Waals surface area contributed by atoms with Crippen LogP contribution in [0.3, 0.4) is 0 Å². The molecule has 1 unspecified atom stereocenters. The Kier molecular flexibility index (Phi) is 4.79. The smallest absolute Gasteiger partial charge is 0.223 e. The Balaban J connectivity index is 0.00000161. The normalized spacial score (nSPS) is 21.9. The molecule has 1 aliphatic heterocycles. The lowest BCUT2D eigenvalue weighted by molar-refractivity contribution is -0.123. The molecule has 5 heteroatoms. The Morgan fingerprint density at radius 3 is 2.86 bits per heavy atom. The fraction of sp³-hybridized carbons (Fsp3) is 0.562. The second-order valence-corrected chi connectivity index (χ2v) is 6.08. The summed E-state index contributed by atoms with van der Waals surface area (Å²) in [5.41, 5.74) is 8.02. The van der Waals surface area contributed by atoms with Crippen molar-refractivity contribution in [2.75, 3.05) is 13.7 Å². The van der Waals surface area contributed by atoms with Crippen molar-refractivity contribution in [1.82, 2.24) is 5.32 Å². The Bertz CT molecular complexity index is 529. The van der Waals surface area contributed by atoms with Gasteiger partial charge in [-0.15, -0.1) is 12.4 Å². The molecule has 1 atom stereocenters. The summed E-state index contributed by atoms with van der Waals surface area (Å²) < 4.78 is 5.33. The molecule has 1 aliphatic carbocycles. The Hall–Kier alpha value is -1.26. The number of ether oxygens (including phenoxy) is 1. The van der Waals surface area contributed by atoms with E-state index in [1.165, 1.54) is 11.1 Å². The molecule has 4 nitrogen and oxygen atoms in total.